The smallest absolute Gasteiger partial charge is 0.321 e. The predicted octanol–water partition coefficient (Wildman–Crippen LogP) is 1.76. The molecular weight excluding hydrogens is 251 g/mol. The summed E-state index contributed by atoms with van der Waals surface area (Å²) in [4.78, 5) is 23.6. The van der Waals surface area contributed by atoms with Crippen molar-refractivity contribution in [2.24, 2.45) is 0 Å². The van der Waals surface area contributed by atoms with Crippen molar-refractivity contribution in [3.8, 4) is 0 Å². The van der Waals surface area contributed by atoms with Crippen molar-refractivity contribution in [3.63, 3.8) is 0 Å². The van der Waals surface area contributed by atoms with Gasteiger partial charge in [0.05, 0.1) is 5.69 Å². The molecule has 0 saturated carbocycles. The lowest BCUT2D eigenvalue weighted by Crippen LogP contribution is -2.39. The first-order valence-electron chi connectivity index (χ1n) is 6.14. The Bertz CT molecular complexity index is 505. The minimum atomic E-state index is -0.896. The summed E-state index contributed by atoms with van der Waals surface area (Å²) >= 11 is 0. The van der Waals surface area contributed by atoms with E-state index in [4.69, 9.17) is 5.11 Å². The molecule has 0 unspecified atom stereocenters. The molecule has 2 N–H and O–H groups in total. The number of amides is 2. The Morgan fingerprint density at radius 1 is 1.42 bits per heavy atom. The highest BCUT2D eigenvalue weighted by Crippen LogP contribution is 2.30. The van der Waals surface area contributed by atoms with Crippen LogP contribution in [0.25, 0.3) is 0 Å². The minimum absolute atomic E-state index is 0.00519. The highest BCUT2D eigenvalue weighted by Gasteiger charge is 2.27. The number of hydrogen-bond donors (Lipinski definition) is 2. The minimum Gasteiger partial charge on any atom is -0.481 e. The summed E-state index contributed by atoms with van der Waals surface area (Å²) in [6, 6.07) is 4.38. The van der Waals surface area contributed by atoms with Crippen molar-refractivity contribution < 1.29 is 19.1 Å². The average Bonchev–Trinajstić information content (AvgIpc) is 2.79. The van der Waals surface area contributed by atoms with Crippen molar-refractivity contribution in [1.82, 2.24) is 5.32 Å². The number of carbonyl (C=O) groups is 2. The molecule has 5 nitrogen and oxygen atoms in total. The molecule has 1 aromatic carbocycles. The Labute approximate surface area is 110 Å². The number of aliphatic carboxylic acids is 1. The molecule has 19 heavy (non-hydrogen) atoms. The molecule has 1 heterocycles. The van der Waals surface area contributed by atoms with Crippen LogP contribution < -0.4 is 10.2 Å². The zero-order valence-corrected chi connectivity index (χ0v) is 10.4. The Hall–Kier alpha value is -2.11. The molecule has 1 aliphatic rings. The van der Waals surface area contributed by atoms with Crippen LogP contribution in [-0.2, 0) is 11.2 Å². The average molecular weight is 266 g/mol. The third-order valence-electron chi connectivity index (χ3n) is 3.03. The normalized spacial score (nSPS) is 13.2. The Morgan fingerprint density at radius 2 is 2.21 bits per heavy atom. The SMILES string of the molecule is O=C(O)CCCNC(=O)N1CCc2cccc(F)c21. The van der Waals surface area contributed by atoms with E-state index in [1.807, 2.05) is 0 Å². The van der Waals surface area contributed by atoms with Gasteiger partial charge in [-0.1, -0.05) is 12.1 Å². The standard InChI is InChI=1S/C13H15FN2O3/c14-10-4-1-3-9-6-8-16(12(9)10)13(19)15-7-2-5-11(17)18/h1,3-4H,2,5-8H2,(H,15,19)(H,17,18). The van der Waals surface area contributed by atoms with Crippen LogP contribution in [0.3, 0.4) is 0 Å². The summed E-state index contributed by atoms with van der Waals surface area (Å²) in [5.74, 6) is -1.30. The number of hydrogen-bond acceptors (Lipinski definition) is 2. The first kappa shape index (κ1) is 13.3. The molecule has 102 valence electrons. The highest BCUT2D eigenvalue weighted by molar-refractivity contribution is 5.94. The summed E-state index contributed by atoms with van der Waals surface area (Å²) < 4.78 is 13.7. The maximum absolute atomic E-state index is 13.7. The number of fused-ring (bicyclic) bond motifs is 1. The van der Waals surface area contributed by atoms with Gasteiger partial charge in [0, 0.05) is 19.5 Å². The Kier molecular flexibility index (Phi) is 3.99. The van der Waals surface area contributed by atoms with Gasteiger partial charge in [0.2, 0.25) is 0 Å². The number of halogens is 1. The van der Waals surface area contributed by atoms with Gasteiger partial charge in [-0.2, -0.15) is 0 Å². The molecule has 1 aliphatic heterocycles. The number of benzene rings is 1. The van der Waals surface area contributed by atoms with Crippen LogP contribution in [0.4, 0.5) is 14.9 Å². The largest absolute Gasteiger partial charge is 0.481 e. The summed E-state index contributed by atoms with van der Waals surface area (Å²) in [6.45, 7) is 0.715. The van der Waals surface area contributed by atoms with Crippen LogP contribution in [0.5, 0.6) is 0 Å². The van der Waals surface area contributed by atoms with E-state index in [0.717, 1.165) is 5.56 Å². The maximum Gasteiger partial charge on any atom is 0.321 e. The predicted molar refractivity (Wildman–Crippen MR) is 67.7 cm³/mol. The second-order valence-electron chi connectivity index (χ2n) is 4.38. The van der Waals surface area contributed by atoms with Crippen LogP contribution in [0.1, 0.15) is 18.4 Å². The molecule has 0 atom stereocenters. The maximum atomic E-state index is 13.7. The van der Waals surface area contributed by atoms with Crippen molar-refractivity contribution in [1.29, 1.82) is 0 Å². The Morgan fingerprint density at radius 3 is 2.95 bits per heavy atom. The third kappa shape index (κ3) is 3.01. The lowest BCUT2D eigenvalue weighted by Gasteiger charge is -2.18. The second kappa shape index (κ2) is 5.69. The molecule has 0 aromatic heterocycles. The topological polar surface area (TPSA) is 69.6 Å². The zero-order chi connectivity index (χ0) is 13.8. The summed E-state index contributed by atoms with van der Waals surface area (Å²) in [5.41, 5.74) is 1.15. The molecule has 1 aromatic rings. The number of anilines is 1. The summed E-state index contributed by atoms with van der Waals surface area (Å²) in [7, 11) is 0. The van der Waals surface area contributed by atoms with Crippen LogP contribution in [-0.4, -0.2) is 30.2 Å². The Balaban J connectivity index is 1.94. The van der Waals surface area contributed by atoms with Gasteiger partial charge in [0.15, 0.2) is 0 Å². The quantitative estimate of drug-likeness (QED) is 0.816. The fraction of sp³-hybridized carbons (Fsp3) is 0.385. The molecule has 0 spiro atoms. The molecule has 2 amide bonds. The number of nitrogens with zero attached hydrogens (tertiary/aromatic N) is 1. The van der Waals surface area contributed by atoms with Crippen LogP contribution in [0.2, 0.25) is 0 Å². The van der Waals surface area contributed by atoms with Gasteiger partial charge in [0.1, 0.15) is 5.82 Å². The van der Waals surface area contributed by atoms with Crippen molar-refractivity contribution in [2.45, 2.75) is 19.3 Å². The van der Waals surface area contributed by atoms with E-state index in [2.05, 4.69) is 5.32 Å². The number of urea groups is 1. The van der Waals surface area contributed by atoms with E-state index in [1.165, 1.54) is 11.0 Å². The van der Waals surface area contributed by atoms with Crippen LogP contribution in [0.15, 0.2) is 18.2 Å². The van der Waals surface area contributed by atoms with E-state index in [1.54, 1.807) is 12.1 Å². The number of carbonyl (C=O) groups excluding carboxylic acids is 1. The number of rotatable bonds is 4. The molecule has 6 heteroatoms. The second-order valence-corrected chi connectivity index (χ2v) is 4.38. The lowest BCUT2D eigenvalue weighted by atomic mass is 10.2. The van der Waals surface area contributed by atoms with E-state index < -0.39 is 11.8 Å². The van der Waals surface area contributed by atoms with Gasteiger partial charge in [0.25, 0.3) is 0 Å². The molecule has 0 saturated heterocycles. The van der Waals surface area contributed by atoms with E-state index in [0.29, 0.717) is 25.1 Å². The zero-order valence-electron chi connectivity index (χ0n) is 10.4. The first-order valence-corrected chi connectivity index (χ1v) is 6.14. The van der Waals surface area contributed by atoms with Crippen molar-refractivity contribution in [3.05, 3.63) is 29.6 Å². The van der Waals surface area contributed by atoms with Gasteiger partial charge in [-0.05, 0) is 24.5 Å². The number of para-hydroxylation sites is 1. The fourth-order valence-corrected chi connectivity index (χ4v) is 2.14. The van der Waals surface area contributed by atoms with Gasteiger partial charge in [-0.25, -0.2) is 9.18 Å². The fourth-order valence-electron chi connectivity index (χ4n) is 2.14. The van der Waals surface area contributed by atoms with Gasteiger partial charge in [-0.15, -0.1) is 0 Å². The summed E-state index contributed by atoms with van der Waals surface area (Å²) in [6.07, 6.45) is 1.000. The van der Waals surface area contributed by atoms with E-state index in [9.17, 15) is 14.0 Å². The van der Waals surface area contributed by atoms with Gasteiger partial charge >= 0.3 is 12.0 Å². The van der Waals surface area contributed by atoms with Crippen molar-refractivity contribution in [2.75, 3.05) is 18.0 Å². The number of carboxylic acid groups (broad SMARTS) is 1. The van der Waals surface area contributed by atoms with E-state index in [-0.39, 0.29) is 19.0 Å². The summed E-state index contributed by atoms with van der Waals surface area (Å²) in [5, 5.41) is 11.1. The van der Waals surface area contributed by atoms with E-state index >= 15 is 0 Å². The number of nitrogens with one attached hydrogen (secondary N) is 1. The first-order chi connectivity index (χ1) is 9.09. The molecule has 2 rings (SSSR count). The molecule has 0 radical (unpaired) electrons. The monoisotopic (exact) mass is 266 g/mol. The highest BCUT2D eigenvalue weighted by atomic mass is 19.1. The molecule has 0 aliphatic carbocycles. The van der Waals surface area contributed by atoms with Crippen molar-refractivity contribution >= 4 is 17.7 Å². The lowest BCUT2D eigenvalue weighted by molar-refractivity contribution is -0.137. The van der Waals surface area contributed by atoms with Crippen LogP contribution in [0, 0.1) is 5.82 Å². The van der Waals surface area contributed by atoms with Gasteiger partial charge < -0.3 is 10.4 Å². The molecular formula is C13H15FN2O3. The van der Waals surface area contributed by atoms with Crippen LogP contribution >= 0.6 is 0 Å². The molecule has 0 bridgehead atoms. The molecule has 0 fully saturated rings. The number of carboxylic acids is 1. The van der Waals surface area contributed by atoms with Gasteiger partial charge in [-0.3, -0.25) is 9.69 Å². The third-order valence-corrected chi connectivity index (χ3v) is 3.03.